The van der Waals surface area contributed by atoms with Crippen molar-refractivity contribution in [3.8, 4) is 0 Å². The number of rotatable bonds is 8. The van der Waals surface area contributed by atoms with Crippen molar-refractivity contribution in [2.45, 2.75) is 19.8 Å². The summed E-state index contributed by atoms with van der Waals surface area (Å²) < 4.78 is 22.3. The molecule has 22 heavy (non-hydrogen) atoms. The van der Waals surface area contributed by atoms with E-state index in [2.05, 4.69) is 10.6 Å². The summed E-state index contributed by atoms with van der Waals surface area (Å²) in [6.45, 7) is 2.49. The molecule has 0 bridgehead atoms. The van der Waals surface area contributed by atoms with Gasteiger partial charge in [0.05, 0.1) is 5.56 Å². The highest BCUT2D eigenvalue weighted by Crippen LogP contribution is 2.16. The molecule has 0 saturated carbocycles. The normalized spacial score (nSPS) is 11.0. The van der Waals surface area contributed by atoms with Gasteiger partial charge in [0.1, 0.15) is 5.88 Å². The van der Waals surface area contributed by atoms with Gasteiger partial charge < -0.3 is 15.7 Å². The number of aromatic carboxylic acids is 1. The van der Waals surface area contributed by atoms with Gasteiger partial charge in [-0.25, -0.2) is 13.2 Å². The average Bonchev–Trinajstić information content (AvgIpc) is 2.44. The van der Waals surface area contributed by atoms with Crippen molar-refractivity contribution in [1.29, 1.82) is 0 Å². The van der Waals surface area contributed by atoms with Crippen LogP contribution in [-0.2, 0) is 9.84 Å². The molecule has 0 saturated heterocycles. The van der Waals surface area contributed by atoms with Crippen molar-refractivity contribution in [2.24, 2.45) is 0 Å². The molecule has 0 unspecified atom stereocenters. The lowest BCUT2D eigenvalue weighted by molar-refractivity contribution is 0.0697. The van der Waals surface area contributed by atoms with Crippen LogP contribution in [0.5, 0.6) is 0 Å². The van der Waals surface area contributed by atoms with Gasteiger partial charge in [-0.15, -0.1) is 0 Å². The van der Waals surface area contributed by atoms with Gasteiger partial charge >= 0.3 is 5.97 Å². The predicted octanol–water partition coefficient (Wildman–Crippen LogP) is 1.33. The first kappa shape index (κ1) is 18.0. The first-order valence-corrected chi connectivity index (χ1v) is 8.87. The third-order valence-electron chi connectivity index (χ3n) is 2.80. The van der Waals surface area contributed by atoms with Crippen LogP contribution in [0, 0.1) is 0 Å². The second-order valence-corrected chi connectivity index (χ2v) is 7.10. The number of sulfone groups is 1. The molecule has 122 valence electrons. The Hall–Kier alpha value is -2.09. The molecule has 0 aliphatic carbocycles. The van der Waals surface area contributed by atoms with Crippen LogP contribution in [0.3, 0.4) is 0 Å². The van der Waals surface area contributed by atoms with E-state index in [1.165, 1.54) is 18.2 Å². The first-order valence-electron chi connectivity index (χ1n) is 6.81. The third kappa shape index (κ3) is 6.13. The molecule has 0 fully saturated rings. The molecule has 7 nitrogen and oxygen atoms in total. The molecular formula is C14H20N2O5S. The standard InChI is InChI=1S/C14H20N2O5S/c1-3-4-5-15-13(17)10-6-11(14(18)19)8-12(7-10)16-9-22(2,20)21/h6-8,16H,3-5,9H2,1-2H3,(H,15,17)(H,18,19). The maximum Gasteiger partial charge on any atom is 0.335 e. The van der Waals surface area contributed by atoms with Crippen molar-refractivity contribution in [1.82, 2.24) is 5.32 Å². The summed E-state index contributed by atoms with van der Waals surface area (Å²) in [5, 5.41) is 14.4. The van der Waals surface area contributed by atoms with Crippen LogP contribution in [0.2, 0.25) is 0 Å². The van der Waals surface area contributed by atoms with E-state index in [0.29, 0.717) is 6.54 Å². The van der Waals surface area contributed by atoms with E-state index in [-0.39, 0.29) is 28.6 Å². The summed E-state index contributed by atoms with van der Waals surface area (Å²) in [5.74, 6) is -1.92. The fourth-order valence-electron chi connectivity index (χ4n) is 1.68. The van der Waals surface area contributed by atoms with Gasteiger partial charge in [-0.1, -0.05) is 13.3 Å². The number of anilines is 1. The molecule has 0 aromatic heterocycles. The minimum Gasteiger partial charge on any atom is -0.478 e. The van der Waals surface area contributed by atoms with E-state index >= 15 is 0 Å². The molecule has 1 aromatic carbocycles. The third-order valence-corrected chi connectivity index (χ3v) is 3.47. The molecular weight excluding hydrogens is 308 g/mol. The van der Waals surface area contributed by atoms with Gasteiger partial charge in [-0.3, -0.25) is 4.79 Å². The maximum atomic E-state index is 12.0. The van der Waals surface area contributed by atoms with Crippen LogP contribution in [0.4, 0.5) is 5.69 Å². The number of amides is 1. The molecule has 0 heterocycles. The number of hydrogen-bond acceptors (Lipinski definition) is 5. The molecule has 0 aliphatic heterocycles. The van der Waals surface area contributed by atoms with Gasteiger partial charge in [0.15, 0.2) is 9.84 Å². The number of carbonyl (C=O) groups is 2. The fourth-order valence-corrected chi connectivity index (χ4v) is 2.11. The van der Waals surface area contributed by atoms with Crippen LogP contribution >= 0.6 is 0 Å². The molecule has 1 rings (SSSR count). The van der Waals surface area contributed by atoms with Gasteiger partial charge in [0, 0.05) is 24.1 Å². The second kappa shape index (κ2) is 7.79. The molecule has 1 aromatic rings. The number of nitrogens with one attached hydrogen (secondary N) is 2. The summed E-state index contributed by atoms with van der Waals surface area (Å²) in [5.41, 5.74) is 0.358. The van der Waals surface area contributed by atoms with Gasteiger partial charge in [-0.05, 0) is 24.6 Å². The van der Waals surface area contributed by atoms with Crippen LogP contribution in [-0.4, -0.2) is 44.1 Å². The fraction of sp³-hybridized carbons (Fsp3) is 0.429. The van der Waals surface area contributed by atoms with E-state index in [1.807, 2.05) is 6.92 Å². The Morgan fingerprint density at radius 2 is 1.82 bits per heavy atom. The van der Waals surface area contributed by atoms with Crippen molar-refractivity contribution < 1.29 is 23.1 Å². The monoisotopic (exact) mass is 328 g/mol. The van der Waals surface area contributed by atoms with Crippen molar-refractivity contribution in [2.75, 3.05) is 24.0 Å². The lowest BCUT2D eigenvalue weighted by Crippen LogP contribution is -2.25. The minimum absolute atomic E-state index is 0.0841. The number of carboxylic acids is 1. The number of carboxylic acid groups (broad SMARTS) is 1. The largest absolute Gasteiger partial charge is 0.478 e. The van der Waals surface area contributed by atoms with Crippen molar-refractivity contribution in [3.63, 3.8) is 0 Å². The van der Waals surface area contributed by atoms with Crippen LogP contribution in [0.15, 0.2) is 18.2 Å². The number of hydrogen-bond donors (Lipinski definition) is 3. The Bertz CT molecular complexity index is 655. The Morgan fingerprint density at radius 1 is 1.18 bits per heavy atom. The topological polar surface area (TPSA) is 113 Å². The van der Waals surface area contributed by atoms with Crippen LogP contribution in [0.1, 0.15) is 40.5 Å². The molecule has 8 heteroatoms. The predicted molar refractivity (Wildman–Crippen MR) is 84.0 cm³/mol. The van der Waals surface area contributed by atoms with Gasteiger partial charge in [-0.2, -0.15) is 0 Å². The minimum atomic E-state index is -3.27. The van der Waals surface area contributed by atoms with E-state index < -0.39 is 15.8 Å². The van der Waals surface area contributed by atoms with Crippen LogP contribution in [0.25, 0.3) is 0 Å². The first-order chi connectivity index (χ1) is 10.2. The Kier molecular flexibility index (Phi) is 6.36. The lowest BCUT2D eigenvalue weighted by Gasteiger charge is -2.10. The number of carbonyl (C=O) groups excluding carboxylic acids is 1. The Morgan fingerprint density at radius 3 is 2.36 bits per heavy atom. The van der Waals surface area contributed by atoms with Crippen molar-refractivity contribution >= 4 is 27.4 Å². The Labute approximate surface area is 129 Å². The summed E-state index contributed by atoms with van der Waals surface area (Å²) in [7, 11) is -3.27. The van der Waals surface area contributed by atoms with E-state index in [4.69, 9.17) is 5.11 Å². The molecule has 0 atom stereocenters. The van der Waals surface area contributed by atoms with Crippen molar-refractivity contribution in [3.05, 3.63) is 29.3 Å². The SMILES string of the molecule is CCCCNC(=O)c1cc(NCS(C)(=O)=O)cc(C(=O)O)c1. The molecule has 0 radical (unpaired) electrons. The molecule has 0 spiro atoms. The average molecular weight is 328 g/mol. The summed E-state index contributed by atoms with van der Waals surface area (Å²) >= 11 is 0. The van der Waals surface area contributed by atoms with E-state index in [0.717, 1.165) is 19.1 Å². The zero-order valence-corrected chi connectivity index (χ0v) is 13.4. The zero-order valence-electron chi connectivity index (χ0n) is 12.5. The summed E-state index contributed by atoms with van der Waals surface area (Å²) in [4.78, 5) is 23.1. The van der Waals surface area contributed by atoms with Crippen LogP contribution < -0.4 is 10.6 Å². The highest BCUT2D eigenvalue weighted by atomic mass is 32.2. The number of benzene rings is 1. The molecule has 1 amide bonds. The maximum absolute atomic E-state index is 12.0. The lowest BCUT2D eigenvalue weighted by atomic mass is 10.1. The highest BCUT2D eigenvalue weighted by molar-refractivity contribution is 7.90. The number of unbranched alkanes of at least 4 members (excludes halogenated alkanes) is 1. The van der Waals surface area contributed by atoms with E-state index in [1.54, 1.807) is 0 Å². The van der Waals surface area contributed by atoms with E-state index in [9.17, 15) is 18.0 Å². The highest BCUT2D eigenvalue weighted by Gasteiger charge is 2.13. The molecule has 3 N–H and O–H groups in total. The second-order valence-electron chi connectivity index (χ2n) is 4.96. The summed E-state index contributed by atoms with van der Waals surface area (Å²) in [6, 6.07) is 3.98. The summed E-state index contributed by atoms with van der Waals surface area (Å²) in [6.07, 6.45) is 2.81. The quantitative estimate of drug-likeness (QED) is 0.621. The molecule has 0 aliphatic rings. The van der Waals surface area contributed by atoms with Gasteiger partial charge in [0.2, 0.25) is 0 Å². The van der Waals surface area contributed by atoms with Gasteiger partial charge in [0.25, 0.3) is 5.91 Å². The zero-order chi connectivity index (χ0) is 16.8. The Balaban J connectivity index is 2.98. The smallest absolute Gasteiger partial charge is 0.335 e.